The first-order valence-corrected chi connectivity index (χ1v) is 8.63. The van der Waals surface area contributed by atoms with E-state index in [1.807, 2.05) is 20.8 Å². The van der Waals surface area contributed by atoms with Crippen molar-refractivity contribution in [1.82, 2.24) is 9.80 Å². The number of rotatable bonds is 7. The molecule has 1 aliphatic heterocycles. The Hall–Kier alpha value is -1.10. The largest absolute Gasteiger partial charge is 0.494 e. The Morgan fingerprint density at radius 3 is 2.65 bits per heavy atom. The summed E-state index contributed by atoms with van der Waals surface area (Å²) in [6.07, 6.45) is 1.07. The van der Waals surface area contributed by atoms with Crippen LogP contribution in [-0.2, 0) is 13.1 Å². The third kappa shape index (κ3) is 5.20. The van der Waals surface area contributed by atoms with Crippen molar-refractivity contribution in [2.24, 2.45) is 5.92 Å². The molecule has 1 heterocycles. The number of hydrogen-bond acceptors (Lipinski definition) is 4. The summed E-state index contributed by atoms with van der Waals surface area (Å²) in [5.41, 5.74) is 1.98. The summed E-state index contributed by atoms with van der Waals surface area (Å²) >= 11 is 0. The monoisotopic (exact) mass is 320 g/mol. The zero-order valence-electron chi connectivity index (χ0n) is 15.3. The number of aliphatic hydroxyl groups is 1. The highest BCUT2D eigenvalue weighted by atomic mass is 16.5. The lowest BCUT2D eigenvalue weighted by Crippen LogP contribution is -2.33. The molecule has 1 aliphatic rings. The fraction of sp³-hybridized carbons (Fsp3) is 0.684. The molecule has 1 aromatic rings. The van der Waals surface area contributed by atoms with E-state index in [0.717, 1.165) is 38.3 Å². The van der Waals surface area contributed by atoms with Crippen molar-refractivity contribution in [3.8, 4) is 5.75 Å². The molecule has 0 aliphatic carbocycles. The van der Waals surface area contributed by atoms with E-state index in [1.54, 1.807) is 0 Å². The average molecular weight is 320 g/mol. The third-order valence-electron chi connectivity index (χ3n) is 4.59. The summed E-state index contributed by atoms with van der Waals surface area (Å²) < 4.78 is 5.75. The Kier molecular flexibility index (Phi) is 6.06. The first-order chi connectivity index (χ1) is 10.8. The lowest BCUT2D eigenvalue weighted by Gasteiger charge is -2.26. The van der Waals surface area contributed by atoms with Gasteiger partial charge in [0.05, 0.1) is 12.2 Å². The van der Waals surface area contributed by atoms with Crippen LogP contribution in [0.5, 0.6) is 5.75 Å². The van der Waals surface area contributed by atoms with Crippen molar-refractivity contribution in [3.63, 3.8) is 0 Å². The topological polar surface area (TPSA) is 35.9 Å². The lowest BCUT2D eigenvalue weighted by molar-refractivity contribution is 0.0208. The van der Waals surface area contributed by atoms with Crippen molar-refractivity contribution < 1.29 is 9.84 Å². The molecule has 2 rings (SSSR count). The smallest absolute Gasteiger partial charge is 0.123 e. The van der Waals surface area contributed by atoms with Crippen LogP contribution in [0.25, 0.3) is 0 Å². The van der Waals surface area contributed by atoms with E-state index in [2.05, 4.69) is 42.1 Å². The van der Waals surface area contributed by atoms with Crippen molar-refractivity contribution >= 4 is 0 Å². The Bertz CT molecular complexity index is 509. The van der Waals surface area contributed by atoms with E-state index in [4.69, 9.17) is 4.74 Å². The van der Waals surface area contributed by atoms with Crippen LogP contribution in [0.3, 0.4) is 0 Å². The molecule has 1 atom stereocenters. The normalized spacial score (nSPS) is 19.5. The minimum Gasteiger partial charge on any atom is -0.494 e. The van der Waals surface area contributed by atoms with Crippen LogP contribution < -0.4 is 4.74 Å². The van der Waals surface area contributed by atoms with Crippen LogP contribution >= 0.6 is 0 Å². The predicted molar refractivity (Wildman–Crippen MR) is 94.7 cm³/mol. The van der Waals surface area contributed by atoms with Gasteiger partial charge >= 0.3 is 0 Å². The number of hydrogen-bond donors (Lipinski definition) is 1. The van der Waals surface area contributed by atoms with Gasteiger partial charge in [-0.05, 0) is 65.5 Å². The summed E-state index contributed by atoms with van der Waals surface area (Å²) in [5.74, 6) is 1.35. The van der Waals surface area contributed by atoms with Crippen molar-refractivity contribution in [1.29, 1.82) is 0 Å². The Balaban J connectivity index is 2.06. The van der Waals surface area contributed by atoms with Crippen LogP contribution in [0.4, 0.5) is 0 Å². The molecule has 0 saturated carbocycles. The van der Waals surface area contributed by atoms with Gasteiger partial charge in [-0.25, -0.2) is 0 Å². The van der Waals surface area contributed by atoms with Gasteiger partial charge in [0, 0.05) is 31.1 Å². The second-order valence-corrected chi connectivity index (χ2v) is 7.49. The number of likely N-dealkylation sites (tertiary alicyclic amines) is 1. The zero-order chi connectivity index (χ0) is 17.0. The van der Waals surface area contributed by atoms with Crippen molar-refractivity contribution in [3.05, 3.63) is 29.3 Å². The molecule has 1 saturated heterocycles. The average Bonchev–Trinajstić information content (AvgIpc) is 2.90. The molecule has 0 aromatic heterocycles. The van der Waals surface area contributed by atoms with Gasteiger partial charge in [0.2, 0.25) is 0 Å². The number of nitrogens with zero attached hydrogens (tertiary/aromatic N) is 2. The first-order valence-electron chi connectivity index (χ1n) is 8.63. The molecular formula is C19H32N2O2. The second-order valence-electron chi connectivity index (χ2n) is 7.49. The maximum atomic E-state index is 10.2. The molecule has 0 unspecified atom stereocenters. The second kappa shape index (κ2) is 7.65. The van der Waals surface area contributed by atoms with Crippen LogP contribution in [0.15, 0.2) is 18.2 Å². The fourth-order valence-electron chi connectivity index (χ4n) is 3.30. The Morgan fingerprint density at radius 1 is 1.35 bits per heavy atom. The molecule has 0 amide bonds. The molecule has 130 valence electrons. The van der Waals surface area contributed by atoms with Gasteiger partial charge in [-0.15, -0.1) is 0 Å². The number of benzene rings is 1. The van der Waals surface area contributed by atoms with E-state index in [0.29, 0.717) is 12.5 Å². The summed E-state index contributed by atoms with van der Waals surface area (Å²) in [5, 5.41) is 10.2. The van der Waals surface area contributed by atoms with Gasteiger partial charge in [-0.2, -0.15) is 0 Å². The van der Waals surface area contributed by atoms with Gasteiger partial charge in [0.15, 0.2) is 0 Å². The van der Waals surface area contributed by atoms with Crippen molar-refractivity contribution in [2.75, 3.05) is 33.8 Å². The first kappa shape index (κ1) is 18.2. The molecule has 1 aromatic carbocycles. The summed E-state index contributed by atoms with van der Waals surface area (Å²) in [6, 6.07) is 6.53. The van der Waals surface area contributed by atoms with E-state index in [9.17, 15) is 5.11 Å². The highest BCUT2D eigenvalue weighted by Gasteiger charge is 2.33. The van der Waals surface area contributed by atoms with Crippen LogP contribution in [0, 0.1) is 5.92 Å². The minimum atomic E-state index is -0.580. The molecular weight excluding hydrogens is 288 g/mol. The quantitative estimate of drug-likeness (QED) is 0.838. The standard InChI is InChI=1S/C19H32N2O2/c1-6-23-18-8-7-15(11-16(18)13-20(4)5)12-21-10-9-17(14-21)19(2,3)22/h7-8,11,17,22H,6,9-10,12-14H2,1-5H3/t17-/m1/s1. The molecule has 4 heteroatoms. The molecule has 1 N–H and O–H groups in total. The van der Waals surface area contributed by atoms with E-state index < -0.39 is 5.60 Å². The lowest BCUT2D eigenvalue weighted by atomic mass is 9.90. The highest BCUT2D eigenvalue weighted by molar-refractivity contribution is 5.37. The van der Waals surface area contributed by atoms with Gasteiger partial charge < -0.3 is 14.7 Å². The SMILES string of the molecule is CCOc1ccc(CN2CC[C@@H](C(C)(C)O)C2)cc1CN(C)C. The molecule has 4 nitrogen and oxygen atoms in total. The van der Waals surface area contributed by atoms with Gasteiger partial charge in [-0.3, -0.25) is 4.90 Å². The molecule has 1 fully saturated rings. The summed E-state index contributed by atoms with van der Waals surface area (Å²) in [4.78, 5) is 4.61. The van der Waals surface area contributed by atoms with Crippen LogP contribution in [0.1, 0.15) is 38.3 Å². The fourth-order valence-corrected chi connectivity index (χ4v) is 3.30. The van der Waals surface area contributed by atoms with E-state index >= 15 is 0 Å². The Morgan fingerprint density at radius 2 is 2.09 bits per heavy atom. The molecule has 0 spiro atoms. The highest BCUT2D eigenvalue weighted by Crippen LogP contribution is 2.29. The van der Waals surface area contributed by atoms with Crippen LogP contribution in [0.2, 0.25) is 0 Å². The van der Waals surface area contributed by atoms with Gasteiger partial charge in [-0.1, -0.05) is 6.07 Å². The zero-order valence-corrected chi connectivity index (χ0v) is 15.3. The minimum absolute atomic E-state index is 0.367. The predicted octanol–water partition coefficient (Wildman–Crippen LogP) is 2.74. The maximum Gasteiger partial charge on any atom is 0.123 e. The maximum absolute atomic E-state index is 10.2. The van der Waals surface area contributed by atoms with Gasteiger partial charge in [0.1, 0.15) is 5.75 Å². The van der Waals surface area contributed by atoms with Crippen molar-refractivity contribution in [2.45, 2.75) is 45.9 Å². The summed E-state index contributed by atoms with van der Waals surface area (Å²) in [6.45, 7) is 10.4. The Labute approximate surface area is 141 Å². The number of ether oxygens (including phenoxy) is 1. The van der Waals surface area contributed by atoms with Gasteiger partial charge in [0.25, 0.3) is 0 Å². The van der Waals surface area contributed by atoms with E-state index in [1.165, 1.54) is 11.1 Å². The summed E-state index contributed by atoms with van der Waals surface area (Å²) in [7, 11) is 4.16. The molecule has 23 heavy (non-hydrogen) atoms. The van der Waals surface area contributed by atoms with Crippen LogP contribution in [-0.4, -0.2) is 54.3 Å². The van der Waals surface area contributed by atoms with E-state index in [-0.39, 0.29) is 0 Å². The third-order valence-corrected chi connectivity index (χ3v) is 4.59. The molecule has 0 bridgehead atoms. The molecule has 0 radical (unpaired) electrons.